The summed E-state index contributed by atoms with van der Waals surface area (Å²) in [5.74, 6) is 0.642. The standard InChI is InChI=1S/C27H21ClINO7S/c1-34-20-5-3-4-6-21(20)36-12-11-30-25(31)23(38-27(30)33)15-16-13-19(29)24(22(14-16)35-2)37-26(32)17-7-9-18(28)10-8-17/h3-10,13-15H,11-12H2,1-2H3/b23-15-. The van der Waals surface area contributed by atoms with Gasteiger partial charge < -0.3 is 18.9 Å². The minimum absolute atomic E-state index is 0.0838. The zero-order chi connectivity index (χ0) is 27.2. The summed E-state index contributed by atoms with van der Waals surface area (Å²) in [4.78, 5) is 39.5. The van der Waals surface area contributed by atoms with Crippen LogP contribution in [0.25, 0.3) is 6.08 Å². The SMILES string of the molecule is COc1ccccc1OCCN1C(=O)S/C(=C\c2cc(I)c(OC(=O)c3ccc(Cl)cc3)c(OC)c2)C1=O. The molecule has 1 heterocycles. The molecular weight excluding hydrogens is 645 g/mol. The number of benzene rings is 3. The van der Waals surface area contributed by atoms with Gasteiger partial charge in [0.05, 0.1) is 34.8 Å². The lowest BCUT2D eigenvalue weighted by Crippen LogP contribution is -2.32. The lowest BCUT2D eigenvalue weighted by atomic mass is 10.1. The molecule has 1 fully saturated rings. The average Bonchev–Trinajstić information content (AvgIpc) is 3.17. The van der Waals surface area contributed by atoms with Crippen LogP contribution in [0.3, 0.4) is 0 Å². The molecule has 2 amide bonds. The highest BCUT2D eigenvalue weighted by atomic mass is 127. The maximum Gasteiger partial charge on any atom is 0.343 e. The summed E-state index contributed by atoms with van der Waals surface area (Å²) in [7, 11) is 2.99. The van der Waals surface area contributed by atoms with E-state index >= 15 is 0 Å². The second-order valence-corrected chi connectivity index (χ2v) is 10.4. The topological polar surface area (TPSA) is 91.4 Å². The number of rotatable bonds is 9. The molecule has 0 N–H and O–H groups in total. The van der Waals surface area contributed by atoms with Crippen LogP contribution in [0.2, 0.25) is 5.02 Å². The van der Waals surface area contributed by atoms with E-state index in [1.165, 1.54) is 14.2 Å². The molecule has 1 saturated heterocycles. The van der Waals surface area contributed by atoms with Crippen molar-refractivity contribution in [3.8, 4) is 23.0 Å². The van der Waals surface area contributed by atoms with E-state index < -0.39 is 11.9 Å². The van der Waals surface area contributed by atoms with Gasteiger partial charge in [0.25, 0.3) is 11.1 Å². The van der Waals surface area contributed by atoms with Crippen molar-refractivity contribution in [2.75, 3.05) is 27.4 Å². The number of nitrogens with zero attached hydrogens (tertiary/aromatic N) is 1. The number of thioether (sulfide) groups is 1. The van der Waals surface area contributed by atoms with Gasteiger partial charge in [-0.25, -0.2) is 4.79 Å². The van der Waals surface area contributed by atoms with Crippen LogP contribution in [0.15, 0.2) is 65.6 Å². The van der Waals surface area contributed by atoms with Gasteiger partial charge in [-0.2, -0.15) is 0 Å². The quantitative estimate of drug-likeness (QED) is 0.114. The number of ether oxygens (including phenoxy) is 4. The molecule has 196 valence electrons. The fourth-order valence-corrected chi connectivity index (χ4v) is 5.22. The minimum atomic E-state index is -0.568. The van der Waals surface area contributed by atoms with E-state index in [9.17, 15) is 14.4 Å². The van der Waals surface area contributed by atoms with Crippen molar-refractivity contribution >= 4 is 69.1 Å². The smallest absolute Gasteiger partial charge is 0.343 e. The monoisotopic (exact) mass is 665 g/mol. The third-order valence-electron chi connectivity index (χ3n) is 5.34. The lowest BCUT2D eigenvalue weighted by Gasteiger charge is -2.14. The maximum absolute atomic E-state index is 12.9. The number of methoxy groups -OCH3 is 2. The third kappa shape index (κ3) is 6.43. The van der Waals surface area contributed by atoms with Gasteiger partial charge in [-0.05, 0) is 94.5 Å². The first-order valence-corrected chi connectivity index (χ1v) is 13.4. The predicted molar refractivity (Wildman–Crippen MR) is 153 cm³/mol. The van der Waals surface area contributed by atoms with E-state index in [2.05, 4.69) is 0 Å². The van der Waals surface area contributed by atoms with Crippen molar-refractivity contribution in [1.29, 1.82) is 0 Å². The molecule has 0 unspecified atom stereocenters. The van der Waals surface area contributed by atoms with Gasteiger partial charge in [-0.3, -0.25) is 14.5 Å². The number of imide groups is 1. The summed E-state index contributed by atoms with van der Waals surface area (Å²) in [6, 6.07) is 16.8. The highest BCUT2D eigenvalue weighted by Crippen LogP contribution is 2.38. The average molecular weight is 666 g/mol. The number of carbonyl (C=O) groups excluding carboxylic acids is 3. The Labute approximate surface area is 242 Å². The van der Waals surface area contributed by atoms with Crippen molar-refractivity contribution in [3.05, 3.63) is 85.3 Å². The Kier molecular flexibility index (Phi) is 9.18. The van der Waals surface area contributed by atoms with Crippen molar-refractivity contribution < 1.29 is 33.3 Å². The second-order valence-electron chi connectivity index (χ2n) is 7.76. The molecule has 1 aliphatic rings. The number of carbonyl (C=O) groups is 3. The van der Waals surface area contributed by atoms with Crippen LogP contribution in [-0.4, -0.2) is 49.4 Å². The Morgan fingerprint density at radius 2 is 1.68 bits per heavy atom. The Balaban J connectivity index is 1.46. The molecule has 0 bridgehead atoms. The zero-order valence-corrected chi connectivity index (χ0v) is 24.0. The number of esters is 1. The van der Waals surface area contributed by atoms with Gasteiger partial charge in [0, 0.05) is 5.02 Å². The summed E-state index contributed by atoms with van der Waals surface area (Å²) < 4.78 is 22.6. The van der Waals surface area contributed by atoms with Crippen molar-refractivity contribution in [3.63, 3.8) is 0 Å². The highest BCUT2D eigenvalue weighted by molar-refractivity contribution is 14.1. The van der Waals surface area contributed by atoms with Gasteiger partial charge >= 0.3 is 5.97 Å². The largest absolute Gasteiger partial charge is 0.493 e. The molecule has 4 rings (SSSR count). The van der Waals surface area contributed by atoms with E-state index in [1.807, 2.05) is 28.7 Å². The van der Waals surface area contributed by atoms with Gasteiger partial charge in [-0.1, -0.05) is 23.7 Å². The van der Waals surface area contributed by atoms with Gasteiger partial charge in [0.15, 0.2) is 23.0 Å². The van der Waals surface area contributed by atoms with E-state index in [1.54, 1.807) is 60.7 Å². The number of para-hydroxylation sites is 2. The molecule has 3 aromatic rings. The number of hydrogen-bond donors (Lipinski definition) is 0. The Morgan fingerprint density at radius 3 is 2.37 bits per heavy atom. The summed E-state index contributed by atoms with van der Waals surface area (Å²) in [5, 5.41) is 0.117. The molecule has 0 aromatic heterocycles. The first kappa shape index (κ1) is 27.8. The Morgan fingerprint density at radius 1 is 1.00 bits per heavy atom. The summed E-state index contributed by atoms with van der Waals surface area (Å²) in [6.45, 7) is 0.200. The third-order valence-corrected chi connectivity index (χ3v) is 7.30. The highest BCUT2D eigenvalue weighted by Gasteiger charge is 2.35. The molecule has 3 aromatic carbocycles. The molecule has 0 spiro atoms. The summed E-state index contributed by atoms with van der Waals surface area (Å²) in [5.41, 5.74) is 0.938. The van der Waals surface area contributed by atoms with Gasteiger partial charge in [-0.15, -0.1) is 0 Å². The molecule has 0 aliphatic carbocycles. The zero-order valence-electron chi connectivity index (χ0n) is 20.2. The predicted octanol–water partition coefficient (Wildman–Crippen LogP) is 6.30. The first-order valence-electron chi connectivity index (χ1n) is 11.2. The molecule has 0 atom stereocenters. The molecule has 38 heavy (non-hydrogen) atoms. The Hall–Kier alpha value is -3.22. The molecule has 8 nitrogen and oxygen atoms in total. The fraction of sp³-hybridized carbons (Fsp3) is 0.148. The second kappa shape index (κ2) is 12.5. The van der Waals surface area contributed by atoms with Crippen LogP contribution >= 0.6 is 46.0 Å². The number of halogens is 2. The lowest BCUT2D eigenvalue weighted by molar-refractivity contribution is -0.123. The van der Waals surface area contributed by atoms with Crippen LogP contribution < -0.4 is 18.9 Å². The number of amides is 2. The van der Waals surface area contributed by atoms with E-state index in [-0.39, 0.29) is 29.0 Å². The van der Waals surface area contributed by atoms with E-state index in [4.69, 9.17) is 30.5 Å². The van der Waals surface area contributed by atoms with Crippen LogP contribution in [0.4, 0.5) is 4.79 Å². The van der Waals surface area contributed by atoms with Gasteiger partial charge in [0.1, 0.15) is 6.61 Å². The van der Waals surface area contributed by atoms with Crippen LogP contribution in [0.1, 0.15) is 15.9 Å². The van der Waals surface area contributed by atoms with Crippen LogP contribution in [0.5, 0.6) is 23.0 Å². The number of hydrogen-bond acceptors (Lipinski definition) is 8. The normalized spacial score (nSPS) is 14.1. The fourth-order valence-electron chi connectivity index (χ4n) is 3.49. The molecular formula is C27H21ClINO7S. The van der Waals surface area contributed by atoms with E-state index in [0.717, 1.165) is 16.7 Å². The van der Waals surface area contributed by atoms with Gasteiger partial charge in [0.2, 0.25) is 0 Å². The molecule has 0 saturated carbocycles. The Bertz CT molecular complexity index is 1410. The van der Waals surface area contributed by atoms with Crippen molar-refractivity contribution in [2.45, 2.75) is 0 Å². The van der Waals surface area contributed by atoms with E-state index in [0.29, 0.717) is 37.0 Å². The first-order chi connectivity index (χ1) is 18.3. The molecule has 11 heteroatoms. The molecule has 0 radical (unpaired) electrons. The van der Waals surface area contributed by atoms with Crippen molar-refractivity contribution in [1.82, 2.24) is 4.90 Å². The summed E-state index contributed by atoms with van der Waals surface area (Å²) in [6.07, 6.45) is 1.60. The van der Waals surface area contributed by atoms with Crippen LogP contribution in [0, 0.1) is 3.57 Å². The maximum atomic E-state index is 12.9. The summed E-state index contributed by atoms with van der Waals surface area (Å²) >= 11 is 8.75. The van der Waals surface area contributed by atoms with Crippen LogP contribution in [-0.2, 0) is 4.79 Å². The molecule has 1 aliphatic heterocycles. The van der Waals surface area contributed by atoms with Crippen molar-refractivity contribution in [2.24, 2.45) is 0 Å². The minimum Gasteiger partial charge on any atom is -0.493 e.